The lowest BCUT2D eigenvalue weighted by Crippen LogP contribution is -2.49. The number of benzene rings is 1. The molecule has 0 bridgehead atoms. The molecular formula is C17H19N3O2. The number of hydrogen-bond donors (Lipinski definition) is 1. The van der Waals surface area contributed by atoms with Crippen molar-refractivity contribution in [2.24, 2.45) is 5.92 Å². The lowest BCUT2D eigenvalue weighted by molar-refractivity contribution is -0.137. The van der Waals surface area contributed by atoms with Crippen LogP contribution in [0.5, 0.6) is 0 Å². The highest BCUT2D eigenvalue weighted by Crippen LogP contribution is 2.20. The quantitative estimate of drug-likeness (QED) is 0.817. The number of carbonyl (C=O) groups is 2. The van der Waals surface area contributed by atoms with E-state index in [4.69, 9.17) is 5.26 Å². The van der Waals surface area contributed by atoms with E-state index in [1.54, 1.807) is 4.90 Å². The summed E-state index contributed by atoms with van der Waals surface area (Å²) in [5, 5.41) is 11.3. The Kier molecular flexibility index (Phi) is 5.31. The van der Waals surface area contributed by atoms with Crippen LogP contribution >= 0.6 is 0 Å². The Morgan fingerprint density at radius 1 is 1.36 bits per heavy atom. The maximum absolute atomic E-state index is 12.0. The van der Waals surface area contributed by atoms with Crippen LogP contribution in [0.15, 0.2) is 36.9 Å². The first-order valence-electron chi connectivity index (χ1n) is 7.29. The van der Waals surface area contributed by atoms with Crippen molar-refractivity contribution < 1.29 is 9.59 Å². The molecule has 0 saturated carbocycles. The van der Waals surface area contributed by atoms with Gasteiger partial charge in [-0.05, 0) is 30.2 Å². The van der Waals surface area contributed by atoms with Crippen LogP contribution in [0.1, 0.15) is 18.4 Å². The van der Waals surface area contributed by atoms with E-state index in [0.717, 1.165) is 5.56 Å². The van der Waals surface area contributed by atoms with Crippen LogP contribution in [-0.2, 0) is 16.0 Å². The Labute approximate surface area is 130 Å². The molecule has 5 heteroatoms. The summed E-state index contributed by atoms with van der Waals surface area (Å²) in [6, 6.07) is 9.57. The van der Waals surface area contributed by atoms with Crippen LogP contribution in [0.2, 0.25) is 0 Å². The molecule has 2 amide bonds. The second-order valence-corrected chi connectivity index (χ2v) is 5.42. The molecule has 22 heavy (non-hydrogen) atoms. The first-order valence-corrected chi connectivity index (χ1v) is 7.29. The van der Waals surface area contributed by atoms with Crippen molar-refractivity contribution in [3.05, 3.63) is 42.5 Å². The normalized spacial score (nSPS) is 13.9. The molecule has 1 heterocycles. The number of anilines is 1. The summed E-state index contributed by atoms with van der Waals surface area (Å²) in [4.78, 5) is 25.0. The number of likely N-dealkylation sites (tertiary alicyclic amines) is 1. The van der Waals surface area contributed by atoms with Crippen molar-refractivity contribution in [1.29, 1.82) is 5.26 Å². The molecule has 5 nitrogen and oxygen atoms in total. The van der Waals surface area contributed by atoms with Gasteiger partial charge in [0.05, 0.1) is 6.07 Å². The van der Waals surface area contributed by atoms with Crippen molar-refractivity contribution in [3.8, 4) is 6.07 Å². The van der Waals surface area contributed by atoms with Gasteiger partial charge in [-0.25, -0.2) is 0 Å². The molecule has 1 saturated heterocycles. The molecule has 1 aliphatic heterocycles. The van der Waals surface area contributed by atoms with E-state index in [2.05, 4.69) is 18.0 Å². The molecule has 1 N–H and O–H groups in total. The molecule has 2 rings (SSSR count). The lowest BCUT2D eigenvalue weighted by Gasteiger charge is -2.38. The smallest absolute Gasteiger partial charge is 0.247 e. The van der Waals surface area contributed by atoms with Gasteiger partial charge in [-0.3, -0.25) is 9.59 Å². The highest BCUT2D eigenvalue weighted by molar-refractivity contribution is 5.98. The van der Waals surface area contributed by atoms with Crippen molar-refractivity contribution in [3.63, 3.8) is 0 Å². The third-order valence-electron chi connectivity index (χ3n) is 3.72. The summed E-state index contributed by atoms with van der Waals surface area (Å²) in [7, 11) is 0. The number of nitrogens with one attached hydrogen (secondary N) is 1. The van der Waals surface area contributed by atoms with E-state index in [-0.39, 0.29) is 11.8 Å². The Balaban J connectivity index is 1.75. The first kappa shape index (κ1) is 15.8. The number of rotatable bonds is 6. The van der Waals surface area contributed by atoms with Gasteiger partial charge in [0, 0.05) is 37.5 Å². The van der Waals surface area contributed by atoms with Crippen LogP contribution in [0.25, 0.3) is 0 Å². The molecule has 1 aliphatic rings. The maximum Gasteiger partial charge on any atom is 0.247 e. The van der Waals surface area contributed by atoms with Gasteiger partial charge in [0.15, 0.2) is 0 Å². The van der Waals surface area contributed by atoms with Gasteiger partial charge in [-0.2, -0.15) is 5.26 Å². The Bertz CT molecular complexity index is 595. The number of amides is 2. The Morgan fingerprint density at radius 3 is 2.64 bits per heavy atom. The summed E-state index contributed by atoms with van der Waals surface area (Å²) in [6.07, 6.45) is 2.90. The Hall–Kier alpha value is -2.61. The van der Waals surface area contributed by atoms with Crippen LogP contribution in [0, 0.1) is 17.2 Å². The summed E-state index contributed by atoms with van der Waals surface area (Å²) in [6.45, 7) is 4.81. The molecule has 1 aromatic rings. The minimum absolute atomic E-state index is 0.137. The summed E-state index contributed by atoms with van der Waals surface area (Å²) < 4.78 is 0. The van der Waals surface area contributed by atoms with Gasteiger partial charge < -0.3 is 10.2 Å². The molecule has 0 radical (unpaired) electrons. The fraction of sp³-hybridized carbons (Fsp3) is 0.353. The summed E-state index contributed by atoms with van der Waals surface area (Å²) in [5.41, 5.74) is 1.76. The van der Waals surface area contributed by atoms with Crippen molar-refractivity contribution in [1.82, 2.24) is 4.90 Å². The molecule has 0 spiro atoms. The van der Waals surface area contributed by atoms with E-state index in [0.29, 0.717) is 44.0 Å². The SMILES string of the molecule is C=CC(=O)Nc1ccc(CCC(=O)N2CC(CC#N)C2)cc1. The van der Waals surface area contributed by atoms with E-state index in [1.165, 1.54) is 6.08 Å². The molecule has 1 fully saturated rings. The summed E-state index contributed by atoms with van der Waals surface area (Å²) in [5.74, 6) is 0.243. The van der Waals surface area contributed by atoms with E-state index in [1.807, 2.05) is 24.3 Å². The largest absolute Gasteiger partial charge is 0.342 e. The average molecular weight is 297 g/mol. The van der Waals surface area contributed by atoms with Crippen molar-refractivity contribution in [2.75, 3.05) is 18.4 Å². The molecule has 0 aliphatic carbocycles. The fourth-order valence-electron chi connectivity index (χ4n) is 2.39. The standard InChI is InChI=1S/C17H19N3O2/c1-2-16(21)19-15-6-3-13(4-7-15)5-8-17(22)20-11-14(12-20)9-10-18/h2-4,6-7,14H,1,5,8-9,11-12H2,(H,19,21). The third-order valence-corrected chi connectivity index (χ3v) is 3.72. The third kappa shape index (κ3) is 4.19. The zero-order valence-corrected chi connectivity index (χ0v) is 12.4. The van der Waals surface area contributed by atoms with E-state index >= 15 is 0 Å². The lowest BCUT2D eigenvalue weighted by atomic mass is 9.96. The second kappa shape index (κ2) is 7.41. The predicted molar refractivity (Wildman–Crippen MR) is 83.9 cm³/mol. The zero-order valence-electron chi connectivity index (χ0n) is 12.4. The van der Waals surface area contributed by atoms with Gasteiger partial charge >= 0.3 is 0 Å². The van der Waals surface area contributed by atoms with Gasteiger partial charge in [-0.1, -0.05) is 18.7 Å². The van der Waals surface area contributed by atoms with Crippen LogP contribution in [0.4, 0.5) is 5.69 Å². The van der Waals surface area contributed by atoms with Crippen LogP contribution < -0.4 is 5.32 Å². The van der Waals surface area contributed by atoms with E-state index in [9.17, 15) is 9.59 Å². The van der Waals surface area contributed by atoms with Crippen molar-refractivity contribution >= 4 is 17.5 Å². The van der Waals surface area contributed by atoms with Crippen LogP contribution in [-0.4, -0.2) is 29.8 Å². The summed E-state index contributed by atoms with van der Waals surface area (Å²) >= 11 is 0. The minimum atomic E-state index is -0.243. The highest BCUT2D eigenvalue weighted by Gasteiger charge is 2.29. The zero-order chi connectivity index (χ0) is 15.9. The van der Waals surface area contributed by atoms with Crippen molar-refractivity contribution in [2.45, 2.75) is 19.3 Å². The van der Waals surface area contributed by atoms with Gasteiger partial charge in [0.1, 0.15) is 0 Å². The molecular weight excluding hydrogens is 278 g/mol. The molecule has 0 unspecified atom stereocenters. The number of hydrogen-bond acceptors (Lipinski definition) is 3. The van der Waals surface area contributed by atoms with E-state index < -0.39 is 0 Å². The monoisotopic (exact) mass is 297 g/mol. The molecule has 1 aromatic carbocycles. The van der Waals surface area contributed by atoms with Gasteiger partial charge in [-0.15, -0.1) is 0 Å². The maximum atomic E-state index is 12.0. The van der Waals surface area contributed by atoms with Gasteiger partial charge in [0.25, 0.3) is 0 Å². The number of aryl methyl sites for hydroxylation is 1. The second-order valence-electron chi connectivity index (χ2n) is 5.42. The molecule has 0 atom stereocenters. The number of nitrogens with zero attached hydrogens (tertiary/aromatic N) is 2. The number of nitriles is 1. The topological polar surface area (TPSA) is 73.2 Å². The van der Waals surface area contributed by atoms with Gasteiger partial charge in [0.2, 0.25) is 11.8 Å². The first-order chi connectivity index (χ1) is 10.6. The Morgan fingerprint density at radius 2 is 2.05 bits per heavy atom. The average Bonchev–Trinajstić information content (AvgIpc) is 2.49. The fourth-order valence-corrected chi connectivity index (χ4v) is 2.39. The highest BCUT2D eigenvalue weighted by atomic mass is 16.2. The minimum Gasteiger partial charge on any atom is -0.342 e. The number of carbonyl (C=O) groups excluding carboxylic acids is 2. The molecule has 114 valence electrons. The van der Waals surface area contributed by atoms with Crippen LogP contribution in [0.3, 0.4) is 0 Å². The molecule has 0 aromatic heterocycles. The predicted octanol–water partition coefficient (Wildman–Crippen LogP) is 2.12.